The molecule has 0 fully saturated rings. The smallest absolute Gasteiger partial charge is 0.123 e. The maximum absolute atomic E-state index is 13.8. The standard InChI is InChI=1S/C21H21FN2O/c1-23-11-10-21-19(14-23)18-13-16(22)5-8-20(18)24(21)12-9-15-3-6-17(25-2)7-4-15/h3-9,12-13H,10-11,14H2,1-2H3/b12-9-. The summed E-state index contributed by atoms with van der Waals surface area (Å²) in [5.74, 6) is 0.666. The van der Waals surface area contributed by atoms with Gasteiger partial charge in [-0.1, -0.05) is 12.1 Å². The lowest BCUT2D eigenvalue weighted by molar-refractivity contribution is 0.312. The Labute approximate surface area is 146 Å². The Balaban J connectivity index is 1.79. The van der Waals surface area contributed by atoms with Gasteiger partial charge in [0.15, 0.2) is 0 Å². The molecule has 0 radical (unpaired) electrons. The Kier molecular flexibility index (Phi) is 4.06. The number of hydrogen-bond acceptors (Lipinski definition) is 2. The summed E-state index contributed by atoms with van der Waals surface area (Å²) < 4.78 is 21.2. The number of ether oxygens (including phenoxy) is 1. The van der Waals surface area contributed by atoms with Crippen molar-refractivity contribution in [2.24, 2.45) is 0 Å². The molecule has 0 N–H and O–H groups in total. The van der Waals surface area contributed by atoms with Crippen LogP contribution in [0.5, 0.6) is 5.75 Å². The average Bonchev–Trinajstić information content (AvgIpc) is 2.92. The monoisotopic (exact) mass is 336 g/mol. The molecule has 4 heteroatoms. The van der Waals surface area contributed by atoms with Gasteiger partial charge in [-0.3, -0.25) is 0 Å². The van der Waals surface area contributed by atoms with Crippen LogP contribution in [-0.4, -0.2) is 30.2 Å². The summed E-state index contributed by atoms with van der Waals surface area (Å²) in [5, 5.41) is 1.01. The summed E-state index contributed by atoms with van der Waals surface area (Å²) in [6, 6.07) is 13.0. The number of halogens is 1. The van der Waals surface area contributed by atoms with E-state index < -0.39 is 0 Å². The molecule has 2 aromatic carbocycles. The largest absolute Gasteiger partial charge is 0.497 e. The summed E-state index contributed by atoms with van der Waals surface area (Å²) in [7, 11) is 3.78. The third-order valence-corrected chi connectivity index (χ3v) is 4.87. The minimum atomic E-state index is -0.181. The van der Waals surface area contributed by atoms with Crippen LogP contribution in [0.4, 0.5) is 4.39 Å². The Hall–Kier alpha value is -2.59. The van der Waals surface area contributed by atoms with Crippen molar-refractivity contribution in [2.75, 3.05) is 20.7 Å². The minimum absolute atomic E-state index is 0.181. The van der Waals surface area contributed by atoms with Gasteiger partial charge in [0.1, 0.15) is 11.6 Å². The van der Waals surface area contributed by atoms with Crippen LogP contribution in [0.1, 0.15) is 16.8 Å². The van der Waals surface area contributed by atoms with Crippen molar-refractivity contribution in [1.29, 1.82) is 0 Å². The SMILES string of the molecule is COc1ccc(/C=C\n2c3c(c4cc(F)ccc42)CN(C)CC3)cc1. The van der Waals surface area contributed by atoms with Crippen LogP contribution in [0.15, 0.2) is 42.5 Å². The molecule has 1 aliphatic rings. The molecule has 0 amide bonds. The highest BCUT2D eigenvalue weighted by Gasteiger charge is 2.21. The molecule has 1 aliphatic heterocycles. The van der Waals surface area contributed by atoms with Crippen molar-refractivity contribution in [2.45, 2.75) is 13.0 Å². The Morgan fingerprint density at radius 2 is 1.92 bits per heavy atom. The van der Waals surface area contributed by atoms with Crippen LogP contribution in [-0.2, 0) is 13.0 Å². The maximum atomic E-state index is 13.8. The van der Waals surface area contributed by atoms with E-state index in [4.69, 9.17) is 4.74 Å². The Morgan fingerprint density at radius 3 is 2.68 bits per heavy atom. The molecule has 3 nitrogen and oxygen atoms in total. The van der Waals surface area contributed by atoms with Gasteiger partial charge in [0.2, 0.25) is 0 Å². The van der Waals surface area contributed by atoms with Crippen molar-refractivity contribution >= 4 is 23.2 Å². The molecule has 0 unspecified atom stereocenters. The van der Waals surface area contributed by atoms with E-state index in [1.165, 1.54) is 17.3 Å². The summed E-state index contributed by atoms with van der Waals surface area (Å²) >= 11 is 0. The van der Waals surface area contributed by atoms with E-state index in [0.717, 1.165) is 41.7 Å². The summed E-state index contributed by atoms with van der Waals surface area (Å²) in [4.78, 5) is 2.28. The fourth-order valence-electron chi connectivity index (χ4n) is 3.55. The third kappa shape index (κ3) is 2.94. The number of nitrogens with zero attached hydrogens (tertiary/aromatic N) is 2. The van der Waals surface area contributed by atoms with Gasteiger partial charge in [0.25, 0.3) is 0 Å². The number of benzene rings is 2. The molecule has 0 spiro atoms. The second-order valence-electron chi connectivity index (χ2n) is 6.53. The van der Waals surface area contributed by atoms with E-state index >= 15 is 0 Å². The fraction of sp³-hybridized carbons (Fsp3) is 0.238. The highest BCUT2D eigenvalue weighted by molar-refractivity contribution is 5.88. The van der Waals surface area contributed by atoms with E-state index in [-0.39, 0.29) is 5.82 Å². The number of hydrogen-bond donors (Lipinski definition) is 0. The molecular weight excluding hydrogens is 315 g/mol. The van der Waals surface area contributed by atoms with Crippen LogP contribution in [0.2, 0.25) is 0 Å². The summed E-state index contributed by atoms with van der Waals surface area (Å²) in [6.07, 6.45) is 5.14. The molecule has 0 saturated heterocycles. The van der Waals surface area contributed by atoms with Crippen molar-refractivity contribution in [3.63, 3.8) is 0 Å². The first-order chi connectivity index (χ1) is 12.2. The number of aromatic nitrogens is 1. The predicted octanol–water partition coefficient (Wildman–Crippen LogP) is 4.40. The quantitative estimate of drug-likeness (QED) is 0.705. The molecule has 1 aromatic heterocycles. The van der Waals surface area contributed by atoms with Gasteiger partial charge in [0.05, 0.1) is 12.6 Å². The lowest BCUT2D eigenvalue weighted by Gasteiger charge is -2.23. The first-order valence-electron chi connectivity index (χ1n) is 8.47. The molecule has 2 heterocycles. The fourth-order valence-corrected chi connectivity index (χ4v) is 3.55. The van der Waals surface area contributed by atoms with Crippen LogP contribution >= 0.6 is 0 Å². The molecule has 128 valence electrons. The van der Waals surface area contributed by atoms with Crippen molar-refractivity contribution in [3.8, 4) is 5.75 Å². The van der Waals surface area contributed by atoms with Crippen LogP contribution in [0.3, 0.4) is 0 Å². The molecule has 0 bridgehead atoms. The molecule has 0 atom stereocenters. The van der Waals surface area contributed by atoms with E-state index in [9.17, 15) is 4.39 Å². The molecule has 3 aromatic rings. The second kappa shape index (κ2) is 6.37. The first-order valence-corrected chi connectivity index (χ1v) is 8.47. The highest BCUT2D eigenvalue weighted by Crippen LogP contribution is 2.31. The van der Waals surface area contributed by atoms with Crippen molar-refractivity contribution < 1.29 is 9.13 Å². The summed E-state index contributed by atoms with van der Waals surface area (Å²) in [6.45, 7) is 1.88. The van der Waals surface area contributed by atoms with Crippen LogP contribution < -0.4 is 4.74 Å². The molecule has 0 aliphatic carbocycles. The van der Waals surface area contributed by atoms with Gasteiger partial charge in [-0.05, 0) is 54.6 Å². The zero-order valence-corrected chi connectivity index (χ0v) is 14.5. The van der Waals surface area contributed by atoms with E-state index in [0.29, 0.717) is 0 Å². The highest BCUT2D eigenvalue weighted by atomic mass is 19.1. The Morgan fingerprint density at radius 1 is 1.12 bits per heavy atom. The summed E-state index contributed by atoms with van der Waals surface area (Å²) in [5.41, 5.74) is 4.68. The predicted molar refractivity (Wildman–Crippen MR) is 100 cm³/mol. The maximum Gasteiger partial charge on any atom is 0.123 e. The van der Waals surface area contributed by atoms with Crippen LogP contribution in [0.25, 0.3) is 23.2 Å². The number of rotatable bonds is 3. The molecule has 4 rings (SSSR count). The normalized spacial score (nSPS) is 15.0. The second-order valence-corrected chi connectivity index (χ2v) is 6.53. The van der Waals surface area contributed by atoms with E-state index in [1.807, 2.05) is 30.3 Å². The van der Waals surface area contributed by atoms with Gasteiger partial charge in [-0.2, -0.15) is 0 Å². The topological polar surface area (TPSA) is 17.4 Å². The van der Waals surface area contributed by atoms with Crippen molar-refractivity contribution in [1.82, 2.24) is 9.47 Å². The first kappa shape index (κ1) is 15.9. The average molecular weight is 336 g/mol. The van der Waals surface area contributed by atoms with Crippen LogP contribution in [0, 0.1) is 5.82 Å². The minimum Gasteiger partial charge on any atom is -0.497 e. The van der Waals surface area contributed by atoms with E-state index in [1.54, 1.807) is 13.2 Å². The van der Waals surface area contributed by atoms with Gasteiger partial charge in [-0.25, -0.2) is 4.39 Å². The lowest BCUT2D eigenvalue weighted by atomic mass is 10.1. The molecule has 0 saturated carbocycles. The van der Waals surface area contributed by atoms with E-state index in [2.05, 4.69) is 28.8 Å². The molecular formula is C21H21FN2O. The number of likely N-dealkylation sites (N-methyl/N-ethyl adjacent to an activating group) is 1. The van der Waals surface area contributed by atoms with Crippen molar-refractivity contribution in [3.05, 3.63) is 65.1 Å². The zero-order valence-electron chi connectivity index (χ0n) is 14.5. The lowest BCUT2D eigenvalue weighted by Crippen LogP contribution is -2.26. The van der Waals surface area contributed by atoms with Gasteiger partial charge < -0.3 is 14.2 Å². The molecule has 25 heavy (non-hydrogen) atoms. The number of methoxy groups -OCH3 is 1. The van der Waals surface area contributed by atoms with Gasteiger partial charge in [0, 0.05) is 36.8 Å². The van der Waals surface area contributed by atoms with Gasteiger partial charge >= 0.3 is 0 Å². The Bertz CT molecular complexity index is 941. The zero-order chi connectivity index (χ0) is 17.4. The number of fused-ring (bicyclic) bond motifs is 3. The van der Waals surface area contributed by atoms with Gasteiger partial charge in [-0.15, -0.1) is 0 Å². The third-order valence-electron chi connectivity index (χ3n) is 4.87.